The van der Waals surface area contributed by atoms with E-state index in [0.29, 0.717) is 10.2 Å². The number of hydrogen-bond donors (Lipinski definition) is 1. The normalized spacial score (nSPS) is 16.1. The van der Waals surface area contributed by atoms with Crippen molar-refractivity contribution in [1.29, 1.82) is 0 Å². The molecule has 1 N–H and O–H groups in total. The maximum atomic E-state index is 12.0. The van der Waals surface area contributed by atoms with E-state index in [-0.39, 0.29) is 17.5 Å². The minimum atomic E-state index is -1.01. The first-order valence-electron chi connectivity index (χ1n) is 6.32. The second kappa shape index (κ2) is 6.19. The first kappa shape index (κ1) is 14.1. The van der Waals surface area contributed by atoms with Crippen LogP contribution in [0.25, 0.3) is 0 Å². The summed E-state index contributed by atoms with van der Waals surface area (Å²) in [5.74, 6) is -0.880. The van der Waals surface area contributed by atoms with Crippen LogP contribution in [-0.4, -0.2) is 17.0 Å². The highest BCUT2D eigenvalue weighted by molar-refractivity contribution is 9.10. The summed E-state index contributed by atoms with van der Waals surface area (Å²) in [6, 6.07) is 4.37. The summed E-state index contributed by atoms with van der Waals surface area (Å²) in [5, 5.41) is 8.86. The van der Waals surface area contributed by atoms with Crippen LogP contribution in [0, 0.1) is 5.92 Å². The van der Waals surface area contributed by atoms with Gasteiger partial charge in [-0.3, -0.25) is 4.79 Å². The lowest BCUT2D eigenvalue weighted by atomic mass is 9.89. The molecular weight excluding hydrogens is 312 g/mol. The number of hydrogen-bond acceptors (Lipinski definition) is 3. The zero-order chi connectivity index (χ0) is 13.8. The lowest BCUT2D eigenvalue weighted by molar-refractivity contribution is -0.140. The first-order valence-corrected chi connectivity index (χ1v) is 7.12. The molecule has 0 aliphatic heterocycles. The first-order chi connectivity index (χ1) is 9.08. The van der Waals surface area contributed by atoms with Gasteiger partial charge >= 0.3 is 11.9 Å². The number of carbonyl (C=O) groups is 2. The van der Waals surface area contributed by atoms with Crippen LogP contribution in [0.15, 0.2) is 22.7 Å². The predicted octanol–water partition coefficient (Wildman–Crippen LogP) is 3.63. The Labute approximate surface area is 119 Å². The number of benzene rings is 1. The van der Waals surface area contributed by atoms with Gasteiger partial charge in [-0.05, 0) is 47.0 Å². The summed E-state index contributed by atoms with van der Waals surface area (Å²) in [6.45, 7) is 0. The Hall–Kier alpha value is -1.36. The van der Waals surface area contributed by atoms with E-state index < -0.39 is 5.97 Å². The molecule has 102 valence electrons. The molecule has 1 saturated carbocycles. The van der Waals surface area contributed by atoms with E-state index >= 15 is 0 Å². The van der Waals surface area contributed by atoms with Gasteiger partial charge in [0.25, 0.3) is 0 Å². The van der Waals surface area contributed by atoms with Gasteiger partial charge in [-0.15, -0.1) is 0 Å². The van der Waals surface area contributed by atoms with Crippen LogP contribution in [0.1, 0.15) is 42.5 Å². The van der Waals surface area contributed by atoms with Crippen molar-refractivity contribution in [3.8, 4) is 5.75 Å². The van der Waals surface area contributed by atoms with Gasteiger partial charge in [-0.25, -0.2) is 4.79 Å². The summed E-state index contributed by atoms with van der Waals surface area (Å²) in [7, 11) is 0. The molecule has 0 bridgehead atoms. The third kappa shape index (κ3) is 3.56. The zero-order valence-electron chi connectivity index (χ0n) is 10.4. The Kier molecular flexibility index (Phi) is 4.58. The maximum absolute atomic E-state index is 12.0. The predicted molar refractivity (Wildman–Crippen MR) is 73.3 cm³/mol. The molecule has 0 aromatic heterocycles. The van der Waals surface area contributed by atoms with Crippen LogP contribution in [0.5, 0.6) is 5.75 Å². The number of carboxylic acid groups (broad SMARTS) is 1. The molecule has 0 heterocycles. The van der Waals surface area contributed by atoms with Crippen LogP contribution in [-0.2, 0) is 4.79 Å². The monoisotopic (exact) mass is 326 g/mol. The van der Waals surface area contributed by atoms with Crippen LogP contribution < -0.4 is 4.74 Å². The highest BCUT2D eigenvalue weighted by atomic mass is 79.9. The van der Waals surface area contributed by atoms with Gasteiger partial charge in [-0.2, -0.15) is 0 Å². The van der Waals surface area contributed by atoms with Crippen molar-refractivity contribution in [3.05, 3.63) is 28.2 Å². The molecule has 1 fully saturated rings. The summed E-state index contributed by atoms with van der Waals surface area (Å²) >= 11 is 3.23. The number of aromatic carboxylic acids is 1. The van der Waals surface area contributed by atoms with E-state index in [4.69, 9.17) is 9.84 Å². The molecule has 0 atom stereocenters. The fourth-order valence-electron chi connectivity index (χ4n) is 2.25. The summed E-state index contributed by atoms with van der Waals surface area (Å²) in [5.41, 5.74) is 0.157. The molecule has 0 radical (unpaired) electrons. The smallest absolute Gasteiger partial charge is 0.335 e. The molecule has 1 aliphatic rings. The van der Waals surface area contributed by atoms with Gasteiger partial charge in [0.2, 0.25) is 0 Å². The zero-order valence-corrected chi connectivity index (χ0v) is 12.0. The minimum Gasteiger partial charge on any atom is -0.478 e. The lowest BCUT2D eigenvalue weighted by Gasteiger charge is -2.20. The van der Waals surface area contributed by atoms with E-state index in [1.807, 2.05) is 0 Å². The lowest BCUT2D eigenvalue weighted by Crippen LogP contribution is -2.22. The van der Waals surface area contributed by atoms with E-state index in [2.05, 4.69) is 15.9 Å². The van der Waals surface area contributed by atoms with E-state index in [9.17, 15) is 9.59 Å². The molecule has 0 saturated heterocycles. The minimum absolute atomic E-state index is 0.0280. The van der Waals surface area contributed by atoms with E-state index in [1.165, 1.54) is 24.6 Å². The highest BCUT2D eigenvalue weighted by Crippen LogP contribution is 2.29. The van der Waals surface area contributed by atoms with Crippen molar-refractivity contribution in [2.24, 2.45) is 5.92 Å². The molecule has 0 spiro atoms. The Morgan fingerprint density at radius 3 is 2.47 bits per heavy atom. The quantitative estimate of drug-likeness (QED) is 0.680. The van der Waals surface area contributed by atoms with Gasteiger partial charge in [0.1, 0.15) is 5.75 Å². The Morgan fingerprint density at radius 1 is 1.21 bits per heavy atom. The van der Waals surface area contributed by atoms with Crippen LogP contribution in [0.4, 0.5) is 0 Å². The van der Waals surface area contributed by atoms with Gasteiger partial charge in [-0.1, -0.05) is 19.3 Å². The Balaban J connectivity index is 2.06. The fourth-order valence-corrected chi connectivity index (χ4v) is 2.71. The van der Waals surface area contributed by atoms with Crippen molar-refractivity contribution in [2.75, 3.05) is 0 Å². The summed E-state index contributed by atoms with van der Waals surface area (Å²) in [4.78, 5) is 22.8. The standard InChI is InChI=1S/C14H15BrO4/c15-11-8-10(13(16)17)6-7-12(11)19-14(18)9-4-2-1-3-5-9/h6-9H,1-5H2,(H,16,17). The third-order valence-electron chi connectivity index (χ3n) is 3.33. The largest absolute Gasteiger partial charge is 0.478 e. The van der Waals surface area contributed by atoms with Crippen LogP contribution in [0.2, 0.25) is 0 Å². The van der Waals surface area contributed by atoms with Crippen molar-refractivity contribution < 1.29 is 19.4 Å². The Bertz CT molecular complexity index is 492. The van der Waals surface area contributed by atoms with Gasteiger partial charge < -0.3 is 9.84 Å². The molecule has 5 heteroatoms. The van der Waals surface area contributed by atoms with Crippen molar-refractivity contribution >= 4 is 27.9 Å². The molecule has 1 aliphatic carbocycles. The van der Waals surface area contributed by atoms with Crippen molar-refractivity contribution in [2.45, 2.75) is 32.1 Å². The number of halogens is 1. The summed E-state index contributed by atoms with van der Waals surface area (Å²) < 4.78 is 5.82. The SMILES string of the molecule is O=C(O)c1ccc(OC(=O)C2CCCCC2)c(Br)c1. The molecule has 0 unspecified atom stereocenters. The molecule has 0 amide bonds. The maximum Gasteiger partial charge on any atom is 0.335 e. The summed E-state index contributed by atoms with van der Waals surface area (Å²) in [6.07, 6.45) is 5.08. The number of esters is 1. The number of ether oxygens (including phenoxy) is 1. The number of carbonyl (C=O) groups excluding carboxylic acids is 1. The average Bonchev–Trinajstić information content (AvgIpc) is 2.41. The second-order valence-electron chi connectivity index (χ2n) is 4.71. The van der Waals surface area contributed by atoms with Gasteiger partial charge in [0.05, 0.1) is 16.0 Å². The molecule has 1 aromatic carbocycles. The molecule has 1 aromatic rings. The molecular formula is C14H15BrO4. The van der Waals surface area contributed by atoms with E-state index in [1.54, 1.807) is 0 Å². The topological polar surface area (TPSA) is 63.6 Å². The average molecular weight is 327 g/mol. The van der Waals surface area contributed by atoms with Crippen molar-refractivity contribution in [1.82, 2.24) is 0 Å². The van der Waals surface area contributed by atoms with Crippen LogP contribution in [0.3, 0.4) is 0 Å². The van der Waals surface area contributed by atoms with Crippen molar-refractivity contribution in [3.63, 3.8) is 0 Å². The molecule has 19 heavy (non-hydrogen) atoms. The number of carboxylic acids is 1. The molecule has 4 nitrogen and oxygen atoms in total. The highest BCUT2D eigenvalue weighted by Gasteiger charge is 2.23. The second-order valence-corrected chi connectivity index (χ2v) is 5.56. The van der Waals surface area contributed by atoms with Gasteiger partial charge in [0, 0.05) is 0 Å². The van der Waals surface area contributed by atoms with Gasteiger partial charge in [0.15, 0.2) is 0 Å². The number of rotatable bonds is 3. The fraction of sp³-hybridized carbons (Fsp3) is 0.429. The van der Waals surface area contributed by atoms with Crippen LogP contribution >= 0.6 is 15.9 Å². The third-order valence-corrected chi connectivity index (χ3v) is 3.95. The molecule has 2 rings (SSSR count). The van der Waals surface area contributed by atoms with E-state index in [0.717, 1.165) is 25.7 Å². The Morgan fingerprint density at radius 2 is 1.89 bits per heavy atom.